The highest BCUT2D eigenvalue weighted by atomic mass is 16.7. The van der Waals surface area contributed by atoms with E-state index in [4.69, 9.17) is 9.47 Å². The Morgan fingerprint density at radius 3 is 1.83 bits per heavy atom. The second-order valence-corrected chi connectivity index (χ2v) is 14.7. The standard InChI is InChI=1S/C42H77NO10/c1-3-5-7-9-11-12-13-14-15-16-17-18-19-20-21-22-23-24-26-28-30-35(46)41(51)43-33(37(47)34(45)29-27-25-10-8-6-4-2)32-52-42-40(50)39(49)38(48)36(31-44)53-42/h5,7-8,10-12,33-40,42,44-50H,3-4,6,9,13-32H2,1-2H3,(H,43,51)/b7-5-,10-8+,12-11-. The van der Waals surface area contributed by atoms with Crippen LogP contribution in [0.4, 0.5) is 0 Å². The minimum absolute atomic E-state index is 0.251. The van der Waals surface area contributed by atoms with Gasteiger partial charge in [0.15, 0.2) is 6.29 Å². The van der Waals surface area contributed by atoms with Crippen LogP contribution in [0.5, 0.6) is 0 Å². The van der Waals surface area contributed by atoms with Gasteiger partial charge in [0.1, 0.15) is 36.6 Å². The van der Waals surface area contributed by atoms with Crippen molar-refractivity contribution in [1.82, 2.24) is 5.32 Å². The topological polar surface area (TPSA) is 189 Å². The summed E-state index contributed by atoms with van der Waals surface area (Å²) >= 11 is 0. The maximum absolute atomic E-state index is 13.0. The third kappa shape index (κ3) is 23.1. The fourth-order valence-corrected chi connectivity index (χ4v) is 6.43. The van der Waals surface area contributed by atoms with Crippen molar-refractivity contribution in [1.29, 1.82) is 0 Å². The van der Waals surface area contributed by atoms with Gasteiger partial charge in [-0.3, -0.25) is 4.79 Å². The van der Waals surface area contributed by atoms with Crippen LogP contribution >= 0.6 is 0 Å². The van der Waals surface area contributed by atoms with Gasteiger partial charge >= 0.3 is 0 Å². The van der Waals surface area contributed by atoms with Crippen LogP contribution in [-0.4, -0.2) is 110 Å². The van der Waals surface area contributed by atoms with Crippen LogP contribution in [0.2, 0.25) is 0 Å². The monoisotopic (exact) mass is 756 g/mol. The summed E-state index contributed by atoms with van der Waals surface area (Å²) in [6, 6.07) is -1.18. The number of hydrogen-bond donors (Lipinski definition) is 8. The summed E-state index contributed by atoms with van der Waals surface area (Å²) in [6.45, 7) is 3.17. The molecule has 11 heteroatoms. The molecule has 0 aromatic heterocycles. The zero-order chi connectivity index (χ0) is 39.1. The summed E-state index contributed by atoms with van der Waals surface area (Å²) in [5, 5.41) is 74.9. The van der Waals surface area contributed by atoms with Gasteiger partial charge < -0.3 is 50.5 Å². The van der Waals surface area contributed by atoms with E-state index in [0.717, 1.165) is 51.4 Å². The second kappa shape index (κ2) is 32.6. The van der Waals surface area contributed by atoms with E-state index in [1.54, 1.807) is 0 Å². The Morgan fingerprint density at radius 2 is 1.23 bits per heavy atom. The molecule has 0 saturated carbocycles. The van der Waals surface area contributed by atoms with Crippen molar-refractivity contribution in [3.05, 3.63) is 36.5 Å². The minimum Gasteiger partial charge on any atom is -0.394 e. The van der Waals surface area contributed by atoms with Gasteiger partial charge in [-0.05, 0) is 57.8 Å². The predicted octanol–water partition coefficient (Wildman–Crippen LogP) is 5.66. The van der Waals surface area contributed by atoms with Gasteiger partial charge in [-0.1, -0.05) is 134 Å². The van der Waals surface area contributed by atoms with E-state index in [0.29, 0.717) is 12.8 Å². The number of nitrogens with one attached hydrogen (secondary N) is 1. The fourth-order valence-electron chi connectivity index (χ4n) is 6.43. The zero-order valence-electron chi connectivity index (χ0n) is 33.0. The van der Waals surface area contributed by atoms with E-state index < -0.39 is 74.2 Å². The summed E-state index contributed by atoms with van der Waals surface area (Å²) in [5.74, 6) is -0.714. The molecule has 1 aliphatic rings. The average Bonchev–Trinajstić information content (AvgIpc) is 3.16. The molecule has 9 unspecified atom stereocenters. The molecule has 310 valence electrons. The second-order valence-electron chi connectivity index (χ2n) is 14.7. The number of aliphatic hydroxyl groups excluding tert-OH is 7. The largest absolute Gasteiger partial charge is 0.394 e. The highest BCUT2D eigenvalue weighted by molar-refractivity contribution is 5.80. The zero-order valence-corrected chi connectivity index (χ0v) is 33.0. The van der Waals surface area contributed by atoms with Crippen molar-refractivity contribution < 1.29 is 50.0 Å². The molecule has 0 aliphatic carbocycles. The molecule has 1 amide bonds. The van der Waals surface area contributed by atoms with Crippen LogP contribution in [-0.2, 0) is 14.3 Å². The van der Waals surface area contributed by atoms with Gasteiger partial charge in [0.05, 0.1) is 25.4 Å². The van der Waals surface area contributed by atoms with E-state index in [9.17, 15) is 40.5 Å². The molecule has 0 spiro atoms. The molecule has 0 aromatic carbocycles. The number of carbonyl (C=O) groups is 1. The number of rotatable bonds is 33. The van der Waals surface area contributed by atoms with Gasteiger partial charge in [0.2, 0.25) is 5.91 Å². The summed E-state index contributed by atoms with van der Waals surface area (Å²) in [6.07, 6.45) is 24.0. The molecule has 1 heterocycles. The van der Waals surface area contributed by atoms with Crippen molar-refractivity contribution in [3.63, 3.8) is 0 Å². The first-order valence-corrected chi connectivity index (χ1v) is 20.9. The lowest BCUT2D eigenvalue weighted by Crippen LogP contribution is -2.60. The minimum atomic E-state index is -1.66. The number of ether oxygens (including phenoxy) is 2. The van der Waals surface area contributed by atoms with Crippen molar-refractivity contribution in [2.45, 2.75) is 210 Å². The molecule has 0 bridgehead atoms. The van der Waals surface area contributed by atoms with E-state index in [1.165, 1.54) is 64.2 Å². The number of carbonyl (C=O) groups excluding carboxylic acids is 1. The maximum Gasteiger partial charge on any atom is 0.249 e. The summed E-state index contributed by atoms with van der Waals surface area (Å²) in [5.41, 5.74) is 0. The Bertz CT molecular complexity index is 960. The molecule has 1 aliphatic heterocycles. The molecule has 1 saturated heterocycles. The summed E-state index contributed by atoms with van der Waals surface area (Å²) in [7, 11) is 0. The first kappa shape index (κ1) is 49.3. The van der Waals surface area contributed by atoms with Gasteiger partial charge in [-0.15, -0.1) is 0 Å². The Morgan fingerprint density at radius 1 is 0.679 bits per heavy atom. The quantitative estimate of drug-likeness (QED) is 0.0307. The van der Waals surface area contributed by atoms with Crippen LogP contribution in [0.3, 0.4) is 0 Å². The van der Waals surface area contributed by atoms with Crippen LogP contribution in [0.1, 0.15) is 155 Å². The molecule has 0 aromatic rings. The van der Waals surface area contributed by atoms with Gasteiger partial charge in [-0.2, -0.15) is 0 Å². The van der Waals surface area contributed by atoms with Crippen LogP contribution < -0.4 is 5.32 Å². The molecule has 0 radical (unpaired) electrons. The first-order valence-electron chi connectivity index (χ1n) is 20.9. The fraction of sp³-hybridized carbons (Fsp3) is 0.833. The van der Waals surface area contributed by atoms with Crippen molar-refractivity contribution in [3.8, 4) is 0 Å². The van der Waals surface area contributed by atoms with Crippen LogP contribution in [0.15, 0.2) is 36.5 Å². The highest BCUT2D eigenvalue weighted by Crippen LogP contribution is 2.23. The van der Waals surface area contributed by atoms with E-state index in [2.05, 4.69) is 49.5 Å². The van der Waals surface area contributed by atoms with E-state index >= 15 is 0 Å². The van der Waals surface area contributed by atoms with Gasteiger partial charge in [0.25, 0.3) is 0 Å². The third-order valence-electron chi connectivity index (χ3n) is 9.91. The molecular formula is C42H77NO10. The molecule has 1 fully saturated rings. The lowest BCUT2D eigenvalue weighted by atomic mass is 9.98. The third-order valence-corrected chi connectivity index (χ3v) is 9.91. The Hall–Kier alpha value is -1.67. The lowest BCUT2D eigenvalue weighted by Gasteiger charge is -2.40. The van der Waals surface area contributed by atoms with E-state index in [1.807, 2.05) is 6.08 Å². The number of amides is 1. The summed E-state index contributed by atoms with van der Waals surface area (Å²) < 4.78 is 11.0. The number of allylic oxidation sites excluding steroid dienone is 6. The molecular weight excluding hydrogens is 678 g/mol. The maximum atomic E-state index is 13.0. The normalized spacial score (nSPS) is 23.2. The van der Waals surface area contributed by atoms with Crippen molar-refractivity contribution in [2.24, 2.45) is 0 Å². The SMILES string of the molecule is CC/C=C\C/C=C\CCCCCCCCCCCCCCCC(O)C(=O)NC(COC1OC(CO)C(O)C(O)C1O)C(O)C(O)CCC/C=C/CCC. The average molecular weight is 756 g/mol. The highest BCUT2D eigenvalue weighted by Gasteiger charge is 2.44. The van der Waals surface area contributed by atoms with Crippen LogP contribution in [0.25, 0.3) is 0 Å². The smallest absolute Gasteiger partial charge is 0.249 e. The number of unbranched alkanes of at least 4 members (excludes halogenated alkanes) is 15. The Labute approximate surface area is 320 Å². The van der Waals surface area contributed by atoms with E-state index in [-0.39, 0.29) is 12.8 Å². The first-order chi connectivity index (χ1) is 25.7. The molecule has 8 N–H and O–H groups in total. The molecule has 11 nitrogen and oxygen atoms in total. The molecule has 53 heavy (non-hydrogen) atoms. The Kier molecular flexibility index (Phi) is 30.3. The van der Waals surface area contributed by atoms with Crippen LogP contribution in [0, 0.1) is 0 Å². The summed E-state index contributed by atoms with van der Waals surface area (Å²) in [4.78, 5) is 13.0. The lowest BCUT2D eigenvalue weighted by molar-refractivity contribution is -0.303. The van der Waals surface area contributed by atoms with Crippen molar-refractivity contribution in [2.75, 3.05) is 13.2 Å². The predicted molar refractivity (Wildman–Crippen MR) is 210 cm³/mol. The Balaban J connectivity index is 2.37. The van der Waals surface area contributed by atoms with Gasteiger partial charge in [0, 0.05) is 0 Å². The van der Waals surface area contributed by atoms with Crippen molar-refractivity contribution >= 4 is 5.91 Å². The van der Waals surface area contributed by atoms with Gasteiger partial charge in [-0.25, -0.2) is 0 Å². The number of hydrogen-bond acceptors (Lipinski definition) is 10. The molecule has 9 atom stereocenters. The molecule has 1 rings (SSSR count). The number of aliphatic hydroxyl groups is 7.